The number of hydrogen-bond donors (Lipinski definition) is 3. The predicted molar refractivity (Wildman–Crippen MR) is 77.7 cm³/mol. The molecule has 6 heteroatoms. The van der Waals surface area contributed by atoms with Gasteiger partial charge in [-0.15, -0.1) is 0 Å². The van der Waals surface area contributed by atoms with Gasteiger partial charge in [-0.05, 0) is 38.2 Å². The van der Waals surface area contributed by atoms with Crippen molar-refractivity contribution in [1.82, 2.24) is 15.5 Å². The number of nitrogens with zero attached hydrogens (tertiary/aromatic N) is 1. The van der Waals surface area contributed by atoms with Crippen LogP contribution in [0.15, 0.2) is 6.20 Å². The molecule has 0 aromatic carbocycles. The van der Waals surface area contributed by atoms with Crippen molar-refractivity contribution < 1.29 is 14.7 Å². The molecule has 0 unspecified atom stereocenters. The second-order valence-electron chi connectivity index (χ2n) is 5.75. The monoisotopic (exact) mass is 293 g/mol. The molecule has 1 aliphatic carbocycles. The van der Waals surface area contributed by atoms with Crippen LogP contribution in [0.4, 0.5) is 0 Å². The van der Waals surface area contributed by atoms with Gasteiger partial charge in [0, 0.05) is 12.2 Å². The fourth-order valence-electron chi connectivity index (χ4n) is 2.99. The van der Waals surface area contributed by atoms with Crippen molar-refractivity contribution in [3.8, 4) is 0 Å². The van der Waals surface area contributed by atoms with Gasteiger partial charge in [0.05, 0.1) is 18.0 Å². The molecule has 1 amide bonds. The van der Waals surface area contributed by atoms with Crippen LogP contribution in [0, 0.1) is 18.8 Å². The summed E-state index contributed by atoms with van der Waals surface area (Å²) in [6.07, 6.45) is 6.63. The van der Waals surface area contributed by atoms with Crippen molar-refractivity contribution in [2.75, 3.05) is 6.54 Å². The summed E-state index contributed by atoms with van der Waals surface area (Å²) in [5, 5.41) is 18.9. The molecule has 3 N–H and O–H groups in total. The number of carbonyl (C=O) groups is 2. The van der Waals surface area contributed by atoms with Crippen molar-refractivity contribution in [3.05, 3.63) is 17.5 Å². The highest BCUT2D eigenvalue weighted by Gasteiger charge is 2.35. The number of rotatable bonds is 6. The number of aryl methyl sites for hydroxylation is 2. The normalized spacial score (nSPS) is 22.0. The summed E-state index contributed by atoms with van der Waals surface area (Å²) in [7, 11) is 0. The Kier molecular flexibility index (Phi) is 5.36. The fraction of sp³-hybridized carbons (Fsp3) is 0.667. The summed E-state index contributed by atoms with van der Waals surface area (Å²) in [4.78, 5) is 23.3. The van der Waals surface area contributed by atoms with Crippen LogP contribution in [-0.2, 0) is 16.0 Å². The molecule has 0 aliphatic heterocycles. The SMILES string of the molecule is Cc1[nH]ncc1CCCNC(=O)[C@@H]1CCCC[C@@H]1C(=O)O. The molecule has 0 spiro atoms. The van der Waals surface area contributed by atoms with Crippen LogP contribution >= 0.6 is 0 Å². The maximum atomic E-state index is 12.1. The maximum absolute atomic E-state index is 12.1. The predicted octanol–water partition coefficient (Wildman–Crippen LogP) is 1.66. The van der Waals surface area contributed by atoms with Crippen LogP contribution in [0.1, 0.15) is 43.4 Å². The number of carboxylic acids is 1. The summed E-state index contributed by atoms with van der Waals surface area (Å²) < 4.78 is 0. The van der Waals surface area contributed by atoms with Gasteiger partial charge in [0.2, 0.25) is 5.91 Å². The highest BCUT2D eigenvalue weighted by Crippen LogP contribution is 2.30. The van der Waals surface area contributed by atoms with Crippen LogP contribution in [-0.4, -0.2) is 33.7 Å². The van der Waals surface area contributed by atoms with E-state index in [9.17, 15) is 14.7 Å². The van der Waals surface area contributed by atoms with E-state index < -0.39 is 11.9 Å². The lowest BCUT2D eigenvalue weighted by Crippen LogP contribution is -2.40. The van der Waals surface area contributed by atoms with E-state index in [2.05, 4.69) is 15.5 Å². The molecule has 6 nitrogen and oxygen atoms in total. The van der Waals surface area contributed by atoms with E-state index in [4.69, 9.17) is 0 Å². The standard InChI is InChI=1S/C15H23N3O3/c1-10-11(9-17-18-10)5-4-8-16-14(19)12-6-2-3-7-13(12)15(20)21/h9,12-13H,2-8H2,1H3,(H,16,19)(H,17,18)(H,20,21)/t12-,13+/m1/s1. The molecule has 2 atom stereocenters. The second-order valence-corrected chi connectivity index (χ2v) is 5.75. The van der Waals surface area contributed by atoms with Gasteiger partial charge in [-0.25, -0.2) is 0 Å². The Morgan fingerprint density at radius 2 is 2.10 bits per heavy atom. The minimum absolute atomic E-state index is 0.106. The molecule has 1 fully saturated rings. The van der Waals surface area contributed by atoms with Crippen LogP contribution in [0.25, 0.3) is 0 Å². The number of hydrogen-bond acceptors (Lipinski definition) is 3. The molecule has 1 aromatic rings. The molecule has 0 saturated heterocycles. The van der Waals surface area contributed by atoms with Crippen LogP contribution in [0.3, 0.4) is 0 Å². The zero-order chi connectivity index (χ0) is 15.2. The first kappa shape index (κ1) is 15.5. The van der Waals surface area contributed by atoms with Crippen molar-refractivity contribution >= 4 is 11.9 Å². The first-order valence-electron chi connectivity index (χ1n) is 7.59. The Hall–Kier alpha value is -1.85. The van der Waals surface area contributed by atoms with E-state index in [1.165, 1.54) is 0 Å². The lowest BCUT2D eigenvalue weighted by molar-refractivity contribution is -0.148. The molecule has 1 aromatic heterocycles. The Balaban J connectivity index is 1.75. The third-order valence-corrected chi connectivity index (χ3v) is 4.28. The van der Waals surface area contributed by atoms with E-state index in [0.717, 1.165) is 36.9 Å². The summed E-state index contributed by atoms with van der Waals surface area (Å²) >= 11 is 0. The fourth-order valence-corrected chi connectivity index (χ4v) is 2.99. The van der Waals surface area contributed by atoms with Gasteiger partial charge in [0.15, 0.2) is 0 Å². The minimum Gasteiger partial charge on any atom is -0.481 e. The van der Waals surface area contributed by atoms with E-state index in [0.29, 0.717) is 19.4 Å². The summed E-state index contributed by atoms with van der Waals surface area (Å²) in [5.41, 5.74) is 2.21. The number of carboxylic acid groups (broad SMARTS) is 1. The molecule has 1 saturated carbocycles. The molecule has 1 heterocycles. The number of amides is 1. The van der Waals surface area contributed by atoms with E-state index in [1.54, 1.807) is 6.20 Å². The Labute approximate surface area is 124 Å². The van der Waals surface area contributed by atoms with Gasteiger partial charge < -0.3 is 10.4 Å². The molecule has 21 heavy (non-hydrogen) atoms. The average molecular weight is 293 g/mol. The van der Waals surface area contributed by atoms with E-state index >= 15 is 0 Å². The summed E-state index contributed by atoms with van der Waals surface area (Å²) in [5.74, 6) is -1.84. The second kappa shape index (κ2) is 7.24. The van der Waals surface area contributed by atoms with Crippen LogP contribution in [0.5, 0.6) is 0 Å². The largest absolute Gasteiger partial charge is 0.481 e. The summed E-state index contributed by atoms with van der Waals surface area (Å²) in [6.45, 7) is 2.55. The smallest absolute Gasteiger partial charge is 0.307 e. The minimum atomic E-state index is -0.844. The summed E-state index contributed by atoms with van der Waals surface area (Å²) in [6, 6.07) is 0. The van der Waals surface area contributed by atoms with Crippen LogP contribution in [0.2, 0.25) is 0 Å². The first-order valence-corrected chi connectivity index (χ1v) is 7.59. The third-order valence-electron chi connectivity index (χ3n) is 4.28. The maximum Gasteiger partial charge on any atom is 0.307 e. The topological polar surface area (TPSA) is 95.1 Å². The molecule has 0 radical (unpaired) electrons. The highest BCUT2D eigenvalue weighted by atomic mass is 16.4. The Morgan fingerprint density at radius 1 is 1.38 bits per heavy atom. The molecule has 2 rings (SSSR count). The van der Waals surface area contributed by atoms with Crippen molar-refractivity contribution in [2.24, 2.45) is 11.8 Å². The number of H-pyrrole nitrogens is 1. The number of aliphatic carboxylic acids is 1. The number of nitrogens with one attached hydrogen (secondary N) is 2. The van der Waals surface area contributed by atoms with Gasteiger partial charge in [-0.3, -0.25) is 14.7 Å². The molecule has 1 aliphatic rings. The van der Waals surface area contributed by atoms with Gasteiger partial charge in [-0.1, -0.05) is 12.8 Å². The molecular weight excluding hydrogens is 270 g/mol. The van der Waals surface area contributed by atoms with Gasteiger partial charge in [-0.2, -0.15) is 5.10 Å². The van der Waals surface area contributed by atoms with Gasteiger partial charge in [0.25, 0.3) is 0 Å². The third kappa shape index (κ3) is 4.06. The van der Waals surface area contributed by atoms with Gasteiger partial charge >= 0.3 is 5.97 Å². The van der Waals surface area contributed by atoms with Crippen LogP contribution < -0.4 is 5.32 Å². The lowest BCUT2D eigenvalue weighted by atomic mass is 9.78. The van der Waals surface area contributed by atoms with Crippen molar-refractivity contribution in [2.45, 2.75) is 45.4 Å². The molecule has 0 bridgehead atoms. The first-order chi connectivity index (χ1) is 10.1. The quantitative estimate of drug-likeness (QED) is 0.695. The number of aromatic amines is 1. The Bertz CT molecular complexity index is 498. The number of carbonyl (C=O) groups excluding carboxylic acids is 1. The highest BCUT2D eigenvalue weighted by molar-refractivity contribution is 5.84. The van der Waals surface area contributed by atoms with Crippen molar-refractivity contribution in [3.63, 3.8) is 0 Å². The molecular formula is C15H23N3O3. The lowest BCUT2D eigenvalue weighted by Gasteiger charge is -2.27. The average Bonchev–Trinajstić information content (AvgIpc) is 2.88. The van der Waals surface area contributed by atoms with E-state index in [-0.39, 0.29) is 11.8 Å². The van der Waals surface area contributed by atoms with E-state index in [1.807, 2.05) is 6.92 Å². The zero-order valence-corrected chi connectivity index (χ0v) is 12.4. The molecule has 116 valence electrons. The van der Waals surface area contributed by atoms with Crippen molar-refractivity contribution in [1.29, 1.82) is 0 Å². The van der Waals surface area contributed by atoms with Gasteiger partial charge in [0.1, 0.15) is 0 Å². The number of aromatic nitrogens is 2. The Morgan fingerprint density at radius 3 is 2.71 bits per heavy atom. The zero-order valence-electron chi connectivity index (χ0n) is 12.4.